The van der Waals surface area contributed by atoms with Crippen LogP contribution >= 0.6 is 11.6 Å². The van der Waals surface area contributed by atoms with Crippen molar-refractivity contribution in [1.82, 2.24) is 4.90 Å². The van der Waals surface area contributed by atoms with Crippen molar-refractivity contribution < 1.29 is 14.3 Å². The van der Waals surface area contributed by atoms with Gasteiger partial charge in [0, 0.05) is 30.5 Å². The number of halogens is 1. The molecule has 6 heteroatoms. The number of nitrogens with zero attached hydrogens (tertiary/aromatic N) is 1. The van der Waals surface area contributed by atoms with Crippen LogP contribution in [0.1, 0.15) is 56.7 Å². The van der Waals surface area contributed by atoms with Crippen LogP contribution in [-0.2, 0) is 11.2 Å². The Morgan fingerprint density at radius 2 is 1.91 bits per heavy atom. The molecular formula is C26H35ClN2O3. The predicted octanol–water partition coefficient (Wildman–Crippen LogP) is 5.69. The summed E-state index contributed by atoms with van der Waals surface area (Å²) in [5.41, 5.74) is 8.83. The number of Topliss-reactive ketones (excluding diaryl/α,β-unsaturated/α-hetero) is 1. The molecule has 2 aromatic carbocycles. The molecule has 1 aliphatic heterocycles. The molecule has 2 aromatic rings. The van der Waals surface area contributed by atoms with Crippen molar-refractivity contribution in [3.05, 3.63) is 52.5 Å². The van der Waals surface area contributed by atoms with E-state index in [0.717, 1.165) is 61.8 Å². The van der Waals surface area contributed by atoms with Gasteiger partial charge in [-0.1, -0.05) is 30.7 Å². The highest BCUT2D eigenvalue weighted by atomic mass is 35.5. The number of nitrogen functional groups attached to an aromatic ring is 1. The van der Waals surface area contributed by atoms with Crippen molar-refractivity contribution in [1.29, 1.82) is 0 Å². The van der Waals surface area contributed by atoms with Crippen molar-refractivity contribution in [2.45, 2.75) is 52.0 Å². The topological polar surface area (TPSA) is 64.8 Å². The number of hydrogen-bond donors (Lipinski definition) is 1. The van der Waals surface area contributed by atoms with E-state index in [4.69, 9.17) is 26.8 Å². The molecule has 0 bridgehead atoms. The average Bonchev–Trinajstić information content (AvgIpc) is 2.78. The summed E-state index contributed by atoms with van der Waals surface area (Å²) in [4.78, 5) is 14.3. The number of ketones is 1. The molecule has 1 heterocycles. The lowest BCUT2D eigenvalue weighted by Gasteiger charge is -2.37. The van der Waals surface area contributed by atoms with Crippen LogP contribution in [0, 0.1) is 5.92 Å². The summed E-state index contributed by atoms with van der Waals surface area (Å²) in [5.74, 6) is 2.53. The van der Waals surface area contributed by atoms with Gasteiger partial charge in [-0.05, 0) is 69.0 Å². The SMILES string of the molecule is COc1ccc(CCOc2cc(N)c(Cl)cc2C(CCC(C)=O)N2CCC(C)CC2)cc1. The van der Waals surface area contributed by atoms with Crippen LogP contribution in [-0.4, -0.2) is 37.5 Å². The predicted molar refractivity (Wildman–Crippen MR) is 131 cm³/mol. The second-order valence-corrected chi connectivity index (χ2v) is 9.24. The summed E-state index contributed by atoms with van der Waals surface area (Å²) in [6, 6.07) is 11.8. The first kappa shape index (κ1) is 24.4. The Morgan fingerprint density at radius 1 is 1.22 bits per heavy atom. The minimum absolute atomic E-state index is 0.0838. The lowest BCUT2D eigenvalue weighted by molar-refractivity contribution is -0.117. The standard InChI is InChI=1S/C26H35ClN2O3/c1-18-10-13-29(14-11-18)25(9-4-19(2)30)22-16-23(27)24(28)17-26(22)32-15-12-20-5-7-21(31-3)8-6-20/h5-8,16-18,25H,4,9-15,28H2,1-3H3. The molecule has 0 saturated carbocycles. The van der Waals surface area contributed by atoms with E-state index < -0.39 is 0 Å². The third-order valence-electron chi connectivity index (χ3n) is 6.32. The zero-order valence-corrected chi connectivity index (χ0v) is 20.2. The largest absolute Gasteiger partial charge is 0.497 e. The molecule has 1 unspecified atom stereocenters. The summed E-state index contributed by atoms with van der Waals surface area (Å²) in [6.07, 6.45) is 4.37. The van der Waals surface area contributed by atoms with Gasteiger partial charge in [0.25, 0.3) is 0 Å². The molecule has 1 saturated heterocycles. The van der Waals surface area contributed by atoms with Gasteiger partial charge < -0.3 is 20.0 Å². The number of carbonyl (C=O) groups excluding carboxylic acids is 1. The Labute approximate surface area is 196 Å². The number of hydrogen-bond acceptors (Lipinski definition) is 5. The van der Waals surface area contributed by atoms with E-state index in [1.165, 1.54) is 5.56 Å². The van der Waals surface area contributed by atoms with Crippen LogP contribution < -0.4 is 15.2 Å². The van der Waals surface area contributed by atoms with Gasteiger partial charge in [-0.3, -0.25) is 4.90 Å². The smallest absolute Gasteiger partial charge is 0.129 e. The van der Waals surface area contributed by atoms with E-state index in [2.05, 4.69) is 11.8 Å². The number of carbonyl (C=O) groups is 1. The highest BCUT2D eigenvalue weighted by Crippen LogP contribution is 2.39. The van der Waals surface area contributed by atoms with Gasteiger partial charge in [0.15, 0.2) is 0 Å². The molecule has 174 valence electrons. The Balaban J connectivity index is 1.80. The minimum Gasteiger partial charge on any atom is -0.497 e. The summed E-state index contributed by atoms with van der Waals surface area (Å²) >= 11 is 6.44. The Morgan fingerprint density at radius 3 is 2.53 bits per heavy atom. The molecule has 5 nitrogen and oxygen atoms in total. The van der Waals surface area contributed by atoms with Crippen molar-refractivity contribution in [2.24, 2.45) is 5.92 Å². The van der Waals surface area contributed by atoms with E-state index in [1.807, 2.05) is 36.4 Å². The summed E-state index contributed by atoms with van der Waals surface area (Å²) in [7, 11) is 1.66. The normalized spacial score (nSPS) is 16.0. The van der Waals surface area contributed by atoms with Crippen LogP contribution in [0.2, 0.25) is 5.02 Å². The van der Waals surface area contributed by atoms with Crippen molar-refractivity contribution in [2.75, 3.05) is 32.5 Å². The fourth-order valence-electron chi connectivity index (χ4n) is 4.26. The molecule has 2 N–H and O–H groups in total. The highest BCUT2D eigenvalue weighted by Gasteiger charge is 2.28. The van der Waals surface area contributed by atoms with Gasteiger partial charge in [0.2, 0.25) is 0 Å². The van der Waals surface area contributed by atoms with E-state index >= 15 is 0 Å². The molecule has 0 amide bonds. The van der Waals surface area contributed by atoms with Crippen molar-refractivity contribution >= 4 is 23.1 Å². The Bertz CT molecular complexity index is 893. The molecule has 0 spiro atoms. The molecule has 1 fully saturated rings. The molecule has 32 heavy (non-hydrogen) atoms. The first-order valence-electron chi connectivity index (χ1n) is 11.5. The van der Waals surface area contributed by atoms with E-state index in [0.29, 0.717) is 23.7 Å². The number of benzene rings is 2. The molecule has 0 aliphatic carbocycles. The van der Waals surface area contributed by atoms with Crippen LogP contribution in [0.3, 0.4) is 0 Å². The second kappa shape index (κ2) is 11.6. The quantitative estimate of drug-likeness (QED) is 0.463. The first-order chi connectivity index (χ1) is 15.4. The maximum absolute atomic E-state index is 11.8. The zero-order valence-electron chi connectivity index (χ0n) is 19.4. The molecule has 3 rings (SSSR count). The lowest BCUT2D eigenvalue weighted by atomic mass is 9.92. The van der Waals surface area contributed by atoms with Crippen molar-refractivity contribution in [3.63, 3.8) is 0 Å². The van der Waals surface area contributed by atoms with Crippen LogP contribution in [0.15, 0.2) is 36.4 Å². The third kappa shape index (κ3) is 6.63. The van der Waals surface area contributed by atoms with Gasteiger partial charge in [0.05, 0.1) is 24.4 Å². The molecule has 1 aliphatic rings. The number of likely N-dealkylation sites (tertiary alicyclic amines) is 1. The molecule has 0 radical (unpaired) electrons. The second-order valence-electron chi connectivity index (χ2n) is 8.83. The van der Waals surface area contributed by atoms with Gasteiger partial charge in [-0.2, -0.15) is 0 Å². The summed E-state index contributed by atoms with van der Waals surface area (Å²) in [5, 5.41) is 0.528. The number of piperidine rings is 1. The monoisotopic (exact) mass is 458 g/mol. The number of anilines is 1. The van der Waals surface area contributed by atoms with Crippen molar-refractivity contribution in [3.8, 4) is 11.5 Å². The lowest BCUT2D eigenvalue weighted by Crippen LogP contribution is -2.36. The Kier molecular flexibility index (Phi) is 8.83. The minimum atomic E-state index is 0.0838. The number of rotatable bonds is 10. The van der Waals surface area contributed by atoms with E-state index in [1.54, 1.807) is 14.0 Å². The number of methoxy groups -OCH3 is 1. The van der Waals surface area contributed by atoms with E-state index in [-0.39, 0.29) is 11.8 Å². The molecule has 1 atom stereocenters. The summed E-state index contributed by atoms with van der Waals surface area (Å²) in [6.45, 7) is 6.50. The Hall–Kier alpha value is -2.24. The number of nitrogens with two attached hydrogens (primary N) is 1. The van der Waals surface area contributed by atoms with Gasteiger partial charge in [-0.15, -0.1) is 0 Å². The van der Waals surface area contributed by atoms with Crippen LogP contribution in [0.4, 0.5) is 5.69 Å². The fourth-order valence-corrected chi connectivity index (χ4v) is 4.43. The van der Waals surface area contributed by atoms with Crippen LogP contribution in [0.25, 0.3) is 0 Å². The van der Waals surface area contributed by atoms with E-state index in [9.17, 15) is 4.79 Å². The molecule has 0 aromatic heterocycles. The van der Waals surface area contributed by atoms with Gasteiger partial charge in [-0.25, -0.2) is 0 Å². The zero-order chi connectivity index (χ0) is 23.1. The first-order valence-corrected chi connectivity index (χ1v) is 11.8. The summed E-state index contributed by atoms with van der Waals surface area (Å²) < 4.78 is 11.5. The highest BCUT2D eigenvalue weighted by molar-refractivity contribution is 6.33. The van der Waals surface area contributed by atoms with Gasteiger partial charge >= 0.3 is 0 Å². The maximum Gasteiger partial charge on any atom is 0.129 e. The maximum atomic E-state index is 11.8. The van der Waals surface area contributed by atoms with Crippen LogP contribution in [0.5, 0.6) is 11.5 Å². The molecular weight excluding hydrogens is 424 g/mol. The van der Waals surface area contributed by atoms with Gasteiger partial charge in [0.1, 0.15) is 17.3 Å². The fraction of sp³-hybridized carbons (Fsp3) is 0.500. The third-order valence-corrected chi connectivity index (χ3v) is 6.65. The average molecular weight is 459 g/mol. The number of ether oxygens (including phenoxy) is 2.